The fourth-order valence-electron chi connectivity index (χ4n) is 1.79. The highest BCUT2D eigenvalue weighted by Crippen LogP contribution is 2.19. The summed E-state index contributed by atoms with van der Waals surface area (Å²) in [7, 11) is 0. The van der Waals surface area contributed by atoms with Crippen molar-refractivity contribution in [3.63, 3.8) is 0 Å². The van der Waals surface area contributed by atoms with E-state index in [9.17, 15) is 4.79 Å². The number of rotatable bonds is 3. The average Bonchev–Trinajstić information content (AvgIpc) is 2.93. The zero-order valence-electron chi connectivity index (χ0n) is 11.6. The molecular weight excluding hydrogens is 304 g/mol. The number of carbonyl (C=O) groups excluding carboxylic acids is 1. The van der Waals surface area contributed by atoms with Gasteiger partial charge in [0.05, 0.1) is 18.0 Å². The highest BCUT2D eigenvalue weighted by Gasteiger charge is 2.10. The van der Waals surface area contributed by atoms with Gasteiger partial charge in [0.2, 0.25) is 0 Å². The van der Waals surface area contributed by atoms with Crippen LogP contribution in [0.15, 0.2) is 30.3 Å². The molecule has 3 nitrogen and oxygen atoms in total. The summed E-state index contributed by atoms with van der Waals surface area (Å²) < 4.78 is 0. The van der Waals surface area contributed by atoms with Gasteiger partial charge in [0.15, 0.2) is 0 Å². The molecule has 0 unspecified atom stereocenters. The molecule has 5 heteroatoms. The predicted octanol–water partition coefficient (Wildman–Crippen LogP) is 2.95. The number of hydrogen-bond acceptors (Lipinski definition) is 3. The molecule has 0 saturated heterocycles. The predicted molar refractivity (Wildman–Crippen MR) is 87.6 cm³/mol. The summed E-state index contributed by atoms with van der Waals surface area (Å²) in [6.45, 7) is 2.65. The van der Waals surface area contributed by atoms with Gasteiger partial charge < -0.3 is 11.1 Å². The van der Waals surface area contributed by atoms with Crippen LogP contribution in [0.3, 0.4) is 0 Å². The molecule has 108 valence electrons. The number of amides is 1. The first-order chi connectivity index (χ1) is 10.1. The minimum Gasteiger partial charge on any atom is -0.347 e. The number of carbonyl (C=O) groups is 1. The Balaban J connectivity index is 2.01. The second-order valence-electron chi connectivity index (χ2n) is 4.37. The summed E-state index contributed by atoms with van der Waals surface area (Å²) in [6.07, 6.45) is 0. The van der Waals surface area contributed by atoms with Crippen LogP contribution in [0, 0.1) is 18.8 Å². The Morgan fingerprint density at radius 2 is 2.19 bits per heavy atom. The molecule has 0 aliphatic heterocycles. The smallest absolute Gasteiger partial charge is 0.251 e. The fourth-order valence-corrected chi connectivity index (χ4v) is 2.79. The molecule has 21 heavy (non-hydrogen) atoms. The minimum atomic E-state index is -0.127. The van der Waals surface area contributed by atoms with Gasteiger partial charge in [0.25, 0.3) is 5.91 Å². The highest BCUT2D eigenvalue weighted by atomic mass is 35.5. The zero-order valence-corrected chi connectivity index (χ0v) is 13.1. The van der Waals surface area contributed by atoms with Crippen LogP contribution in [0.2, 0.25) is 5.02 Å². The van der Waals surface area contributed by atoms with Crippen molar-refractivity contribution in [3.8, 4) is 11.8 Å². The largest absolute Gasteiger partial charge is 0.347 e. The summed E-state index contributed by atoms with van der Waals surface area (Å²) in [5.41, 5.74) is 6.72. The number of nitrogens with one attached hydrogen (secondary N) is 1. The lowest BCUT2D eigenvalue weighted by Crippen LogP contribution is -2.23. The van der Waals surface area contributed by atoms with E-state index >= 15 is 0 Å². The maximum Gasteiger partial charge on any atom is 0.251 e. The normalized spacial score (nSPS) is 9.86. The summed E-state index contributed by atoms with van der Waals surface area (Å²) in [5.74, 6) is 5.66. The van der Waals surface area contributed by atoms with Gasteiger partial charge in [0, 0.05) is 15.5 Å². The van der Waals surface area contributed by atoms with Crippen LogP contribution in [0.25, 0.3) is 0 Å². The van der Waals surface area contributed by atoms with E-state index in [0.717, 1.165) is 15.3 Å². The lowest BCUT2D eigenvalue weighted by Gasteiger charge is -2.07. The van der Waals surface area contributed by atoms with E-state index in [4.69, 9.17) is 17.3 Å². The Hall–Kier alpha value is -1.80. The number of benzene rings is 1. The SMILES string of the molecule is Cc1c(Cl)cccc1C(=O)NCc1ccc(C#CCN)s1. The summed E-state index contributed by atoms with van der Waals surface area (Å²) in [4.78, 5) is 14.2. The van der Waals surface area contributed by atoms with Crippen molar-refractivity contribution in [2.24, 2.45) is 5.73 Å². The molecule has 0 spiro atoms. The number of thiophene rings is 1. The van der Waals surface area contributed by atoms with Gasteiger partial charge in [-0.15, -0.1) is 11.3 Å². The quantitative estimate of drug-likeness (QED) is 0.855. The third-order valence-electron chi connectivity index (χ3n) is 2.91. The summed E-state index contributed by atoms with van der Waals surface area (Å²) in [5, 5.41) is 3.49. The van der Waals surface area contributed by atoms with Crippen LogP contribution in [0.5, 0.6) is 0 Å². The molecule has 0 saturated carbocycles. The van der Waals surface area contributed by atoms with Gasteiger partial charge in [0.1, 0.15) is 0 Å². The van der Waals surface area contributed by atoms with Gasteiger partial charge >= 0.3 is 0 Å². The Morgan fingerprint density at radius 3 is 2.95 bits per heavy atom. The fraction of sp³-hybridized carbons (Fsp3) is 0.188. The third-order valence-corrected chi connectivity index (χ3v) is 4.32. The van der Waals surface area contributed by atoms with Gasteiger partial charge in [-0.05, 0) is 36.8 Å². The lowest BCUT2D eigenvalue weighted by atomic mass is 10.1. The Morgan fingerprint density at radius 1 is 1.38 bits per heavy atom. The van der Waals surface area contributed by atoms with E-state index in [2.05, 4.69) is 17.2 Å². The summed E-state index contributed by atoms with van der Waals surface area (Å²) >= 11 is 7.57. The van der Waals surface area contributed by atoms with Crippen LogP contribution in [0.1, 0.15) is 25.7 Å². The molecule has 2 aromatic rings. The first-order valence-electron chi connectivity index (χ1n) is 6.42. The molecule has 0 bridgehead atoms. The standard InChI is InChI=1S/C16H15ClN2OS/c1-11-14(5-2-6-15(11)17)16(20)19-10-13-8-7-12(21-13)4-3-9-18/h2,5-8H,9-10,18H2,1H3,(H,19,20). The van der Waals surface area contributed by atoms with Crippen LogP contribution >= 0.6 is 22.9 Å². The lowest BCUT2D eigenvalue weighted by molar-refractivity contribution is 0.0950. The molecule has 0 atom stereocenters. The monoisotopic (exact) mass is 318 g/mol. The van der Waals surface area contributed by atoms with Crippen molar-refractivity contribution < 1.29 is 4.79 Å². The van der Waals surface area contributed by atoms with Gasteiger partial charge in [-0.25, -0.2) is 0 Å². The van der Waals surface area contributed by atoms with Crippen LogP contribution in [-0.4, -0.2) is 12.5 Å². The summed E-state index contributed by atoms with van der Waals surface area (Å²) in [6, 6.07) is 9.20. The average molecular weight is 319 g/mol. The van der Waals surface area contributed by atoms with Gasteiger partial charge in [-0.3, -0.25) is 4.79 Å². The molecule has 0 aliphatic carbocycles. The van der Waals surface area contributed by atoms with Gasteiger partial charge in [-0.1, -0.05) is 29.5 Å². The van der Waals surface area contributed by atoms with Crippen LogP contribution in [-0.2, 0) is 6.54 Å². The molecule has 0 fully saturated rings. The molecule has 1 aromatic heterocycles. The topological polar surface area (TPSA) is 55.1 Å². The van der Waals surface area contributed by atoms with Crippen molar-refractivity contribution in [1.82, 2.24) is 5.32 Å². The maximum atomic E-state index is 12.2. The first-order valence-corrected chi connectivity index (χ1v) is 7.62. The Kier molecular flexibility index (Phi) is 5.40. The second kappa shape index (κ2) is 7.28. The van der Waals surface area contributed by atoms with E-state index in [0.29, 0.717) is 23.7 Å². The molecule has 1 heterocycles. The molecule has 1 amide bonds. The first kappa shape index (κ1) is 15.6. The van der Waals surface area contributed by atoms with E-state index in [1.54, 1.807) is 29.5 Å². The van der Waals surface area contributed by atoms with Crippen molar-refractivity contribution in [2.75, 3.05) is 6.54 Å². The van der Waals surface area contributed by atoms with E-state index < -0.39 is 0 Å². The maximum absolute atomic E-state index is 12.2. The Labute approximate surface area is 133 Å². The third kappa shape index (κ3) is 4.08. The number of nitrogens with two attached hydrogens (primary N) is 1. The molecule has 1 aromatic carbocycles. The minimum absolute atomic E-state index is 0.127. The van der Waals surface area contributed by atoms with E-state index in [1.165, 1.54) is 0 Å². The number of halogens is 1. The molecule has 2 rings (SSSR count). The van der Waals surface area contributed by atoms with Crippen molar-refractivity contribution in [3.05, 3.63) is 56.2 Å². The van der Waals surface area contributed by atoms with E-state index in [-0.39, 0.29) is 5.91 Å². The second-order valence-corrected chi connectivity index (χ2v) is 5.94. The molecule has 0 aliphatic rings. The van der Waals surface area contributed by atoms with Crippen molar-refractivity contribution in [2.45, 2.75) is 13.5 Å². The van der Waals surface area contributed by atoms with Gasteiger partial charge in [-0.2, -0.15) is 0 Å². The number of hydrogen-bond donors (Lipinski definition) is 2. The van der Waals surface area contributed by atoms with Crippen LogP contribution in [0.4, 0.5) is 0 Å². The Bertz CT molecular complexity index is 713. The van der Waals surface area contributed by atoms with Crippen molar-refractivity contribution in [1.29, 1.82) is 0 Å². The van der Waals surface area contributed by atoms with E-state index in [1.807, 2.05) is 19.1 Å². The highest BCUT2D eigenvalue weighted by molar-refractivity contribution is 7.12. The van der Waals surface area contributed by atoms with Crippen LogP contribution < -0.4 is 11.1 Å². The van der Waals surface area contributed by atoms with Crippen molar-refractivity contribution >= 4 is 28.8 Å². The molecular formula is C16H15ClN2OS. The molecule has 0 radical (unpaired) electrons. The molecule has 3 N–H and O–H groups in total. The zero-order chi connectivity index (χ0) is 15.2.